The summed E-state index contributed by atoms with van der Waals surface area (Å²) in [5.74, 6) is -0.453. The average molecular weight is 248 g/mol. The predicted octanol–water partition coefficient (Wildman–Crippen LogP) is 2.04. The van der Waals surface area contributed by atoms with Crippen LogP contribution in [0.2, 0.25) is 10.0 Å². The Kier molecular flexibility index (Phi) is 4.39. The molecule has 1 aromatic rings. The summed E-state index contributed by atoms with van der Waals surface area (Å²) < 4.78 is 4.51. The van der Waals surface area contributed by atoms with Crippen LogP contribution in [-0.2, 0) is 16.0 Å². The van der Waals surface area contributed by atoms with E-state index in [1.165, 1.54) is 7.11 Å². The highest BCUT2D eigenvalue weighted by atomic mass is 35.5. The highest BCUT2D eigenvalue weighted by Gasteiger charge is 2.14. The predicted molar refractivity (Wildman–Crippen MR) is 60.2 cm³/mol. The Morgan fingerprint density at radius 2 is 1.93 bits per heavy atom. The van der Waals surface area contributed by atoms with Crippen LogP contribution in [0.4, 0.5) is 0 Å². The van der Waals surface area contributed by atoms with Gasteiger partial charge in [0.1, 0.15) is 6.04 Å². The van der Waals surface area contributed by atoms with Crippen LogP contribution in [0.1, 0.15) is 5.56 Å². The Labute approximate surface area is 98.1 Å². The second kappa shape index (κ2) is 5.35. The Bertz CT molecular complexity index is 348. The quantitative estimate of drug-likeness (QED) is 0.832. The van der Waals surface area contributed by atoms with Crippen LogP contribution >= 0.6 is 23.2 Å². The van der Waals surface area contributed by atoms with Gasteiger partial charge in [-0.15, -0.1) is 0 Å². The van der Waals surface area contributed by atoms with E-state index in [2.05, 4.69) is 4.74 Å². The van der Waals surface area contributed by atoms with Gasteiger partial charge in [0.2, 0.25) is 0 Å². The molecule has 1 rings (SSSR count). The van der Waals surface area contributed by atoms with Crippen molar-refractivity contribution >= 4 is 29.2 Å². The molecule has 0 bridgehead atoms. The zero-order chi connectivity index (χ0) is 11.4. The number of benzene rings is 1. The molecule has 0 amide bonds. The maximum Gasteiger partial charge on any atom is 0.322 e. The molecule has 2 N–H and O–H groups in total. The number of hydrogen-bond donors (Lipinski definition) is 1. The summed E-state index contributed by atoms with van der Waals surface area (Å²) in [5.41, 5.74) is 6.41. The van der Waals surface area contributed by atoms with Gasteiger partial charge in [0, 0.05) is 10.0 Å². The molecule has 15 heavy (non-hydrogen) atoms. The molecule has 5 heteroatoms. The zero-order valence-electron chi connectivity index (χ0n) is 8.17. The zero-order valence-corrected chi connectivity index (χ0v) is 9.68. The highest BCUT2D eigenvalue weighted by molar-refractivity contribution is 6.34. The molecule has 0 aromatic heterocycles. The van der Waals surface area contributed by atoms with Gasteiger partial charge in [0.25, 0.3) is 0 Å². The lowest BCUT2D eigenvalue weighted by molar-refractivity contribution is -0.142. The van der Waals surface area contributed by atoms with Crippen molar-refractivity contribution in [2.75, 3.05) is 7.11 Å². The molecular formula is C10H11Cl2NO2. The van der Waals surface area contributed by atoms with Crippen molar-refractivity contribution in [1.29, 1.82) is 0 Å². The molecule has 0 spiro atoms. The number of methoxy groups -OCH3 is 1. The summed E-state index contributed by atoms with van der Waals surface area (Å²) >= 11 is 11.6. The molecule has 0 fully saturated rings. The van der Waals surface area contributed by atoms with Gasteiger partial charge in [-0.05, 0) is 30.2 Å². The number of halogens is 2. The van der Waals surface area contributed by atoms with Crippen molar-refractivity contribution in [3.63, 3.8) is 0 Å². The van der Waals surface area contributed by atoms with Crippen molar-refractivity contribution < 1.29 is 9.53 Å². The van der Waals surface area contributed by atoms with E-state index in [1.54, 1.807) is 18.2 Å². The fourth-order valence-electron chi connectivity index (χ4n) is 1.22. The minimum absolute atomic E-state index is 0.354. The van der Waals surface area contributed by atoms with E-state index in [-0.39, 0.29) is 0 Å². The normalized spacial score (nSPS) is 12.3. The monoisotopic (exact) mass is 247 g/mol. The first-order chi connectivity index (χ1) is 7.02. The van der Waals surface area contributed by atoms with Gasteiger partial charge in [0.05, 0.1) is 7.11 Å². The van der Waals surface area contributed by atoms with Crippen LogP contribution in [-0.4, -0.2) is 19.1 Å². The third-order valence-corrected chi connectivity index (χ3v) is 2.32. The second-order valence-corrected chi connectivity index (χ2v) is 3.98. The van der Waals surface area contributed by atoms with Crippen LogP contribution < -0.4 is 5.73 Å². The molecule has 0 radical (unpaired) electrons. The van der Waals surface area contributed by atoms with Gasteiger partial charge in [-0.1, -0.05) is 23.2 Å². The molecule has 3 nitrogen and oxygen atoms in total. The number of nitrogens with two attached hydrogens (primary N) is 1. The van der Waals surface area contributed by atoms with Crippen LogP contribution in [0.3, 0.4) is 0 Å². The smallest absolute Gasteiger partial charge is 0.322 e. The fourth-order valence-corrected chi connectivity index (χ4v) is 1.79. The van der Waals surface area contributed by atoms with E-state index in [1.807, 2.05) is 0 Å². The lowest BCUT2D eigenvalue weighted by Gasteiger charge is -2.09. The molecule has 0 heterocycles. The van der Waals surface area contributed by atoms with E-state index in [9.17, 15) is 4.79 Å². The average Bonchev–Trinajstić information content (AvgIpc) is 2.14. The molecule has 0 saturated carbocycles. The van der Waals surface area contributed by atoms with Gasteiger partial charge < -0.3 is 10.5 Å². The lowest BCUT2D eigenvalue weighted by atomic mass is 10.1. The SMILES string of the molecule is COC(=O)[C@@H](N)Cc1cc(Cl)cc(Cl)c1. The van der Waals surface area contributed by atoms with Crippen molar-refractivity contribution in [1.82, 2.24) is 0 Å². The molecule has 0 unspecified atom stereocenters. The van der Waals surface area contributed by atoms with E-state index in [0.29, 0.717) is 16.5 Å². The van der Waals surface area contributed by atoms with Crippen LogP contribution in [0, 0.1) is 0 Å². The summed E-state index contributed by atoms with van der Waals surface area (Å²) in [6, 6.07) is 4.37. The summed E-state index contributed by atoms with van der Waals surface area (Å²) in [7, 11) is 1.30. The van der Waals surface area contributed by atoms with E-state index in [0.717, 1.165) is 5.56 Å². The van der Waals surface area contributed by atoms with Crippen LogP contribution in [0.25, 0.3) is 0 Å². The van der Waals surface area contributed by atoms with Crippen molar-refractivity contribution in [2.24, 2.45) is 5.73 Å². The standard InChI is InChI=1S/C10H11Cl2NO2/c1-15-10(14)9(13)4-6-2-7(11)5-8(12)3-6/h2-3,5,9H,4,13H2,1H3/t9-/m0/s1. The Hall–Kier alpha value is -0.770. The molecule has 0 aliphatic heterocycles. The third-order valence-electron chi connectivity index (χ3n) is 1.88. The Morgan fingerprint density at radius 3 is 2.40 bits per heavy atom. The number of hydrogen-bond acceptors (Lipinski definition) is 3. The largest absolute Gasteiger partial charge is 0.468 e. The lowest BCUT2D eigenvalue weighted by Crippen LogP contribution is -2.33. The molecule has 1 aromatic carbocycles. The first-order valence-corrected chi connectivity index (χ1v) is 5.07. The second-order valence-electron chi connectivity index (χ2n) is 3.11. The van der Waals surface area contributed by atoms with E-state index < -0.39 is 12.0 Å². The topological polar surface area (TPSA) is 52.3 Å². The molecule has 1 atom stereocenters. The van der Waals surface area contributed by atoms with Gasteiger partial charge >= 0.3 is 5.97 Å². The minimum atomic E-state index is -0.690. The molecule has 0 saturated heterocycles. The highest BCUT2D eigenvalue weighted by Crippen LogP contribution is 2.19. The van der Waals surface area contributed by atoms with E-state index in [4.69, 9.17) is 28.9 Å². The maximum absolute atomic E-state index is 11.1. The molecule has 82 valence electrons. The summed E-state index contributed by atoms with van der Waals surface area (Å²) in [4.78, 5) is 11.1. The molecule has 0 aliphatic carbocycles. The van der Waals surface area contributed by atoms with Crippen LogP contribution in [0.15, 0.2) is 18.2 Å². The fraction of sp³-hybridized carbons (Fsp3) is 0.300. The van der Waals surface area contributed by atoms with Crippen molar-refractivity contribution in [3.05, 3.63) is 33.8 Å². The molecular weight excluding hydrogens is 237 g/mol. The number of esters is 1. The van der Waals surface area contributed by atoms with Crippen molar-refractivity contribution in [2.45, 2.75) is 12.5 Å². The van der Waals surface area contributed by atoms with Gasteiger partial charge in [-0.2, -0.15) is 0 Å². The summed E-state index contributed by atoms with van der Waals surface area (Å²) in [6.45, 7) is 0. The number of ether oxygens (including phenoxy) is 1. The number of carbonyl (C=O) groups is 1. The first-order valence-electron chi connectivity index (χ1n) is 4.31. The van der Waals surface area contributed by atoms with Gasteiger partial charge in [0.15, 0.2) is 0 Å². The third kappa shape index (κ3) is 3.70. The Balaban J connectivity index is 2.76. The van der Waals surface area contributed by atoms with E-state index >= 15 is 0 Å². The Morgan fingerprint density at radius 1 is 1.40 bits per heavy atom. The maximum atomic E-state index is 11.1. The minimum Gasteiger partial charge on any atom is -0.468 e. The van der Waals surface area contributed by atoms with Gasteiger partial charge in [-0.25, -0.2) is 0 Å². The van der Waals surface area contributed by atoms with Crippen LogP contribution in [0.5, 0.6) is 0 Å². The summed E-state index contributed by atoms with van der Waals surface area (Å²) in [5, 5.41) is 1.05. The summed E-state index contributed by atoms with van der Waals surface area (Å²) in [6.07, 6.45) is 0.354. The number of carbonyl (C=O) groups excluding carboxylic acids is 1. The first kappa shape index (κ1) is 12.3. The number of rotatable bonds is 3. The molecule has 0 aliphatic rings. The van der Waals surface area contributed by atoms with Gasteiger partial charge in [-0.3, -0.25) is 4.79 Å². The van der Waals surface area contributed by atoms with Crippen molar-refractivity contribution in [3.8, 4) is 0 Å².